The molecule has 0 unspecified atom stereocenters. The zero-order valence-corrected chi connectivity index (χ0v) is 10.4. The summed E-state index contributed by atoms with van der Waals surface area (Å²) in [7, 11) is 0. The zero-order valence-electron chi connectivity index (χ0n) is 10.4. The van der Waals surface area contributed by atoms with Gasteiger partial charge in [-0.3, -0.25) is 4.79 Å². The highest BCUT2D eigenvalue weighted by Gasteiger charge is 2.05. The van der Waals surface area contributed by atoms with E-state index < -0.39 is 11.8 Å². The highest BCUT2D eigenvalue weighted by Crippen LogP contribution is 2.12. The molecule has 102 valence electrons. The third-order valence-corrected chi connectivity index (χ3v) is 2.60. The van der Waals surface area contributed by atoms with Crippen LogP contribution in [0.25, 0.3) is 6.08 Å². The summed E-state index contributed by atoms with van der Waals surface area (Å²) in [4.78, 5) is 21.9. The van der Waals surface area contributed by atoms with Gasteiger partial charge >= 0.3 is 5.97 Å². The third-order valence-electron chi connectivity index (χ3n) is 2.60. The lowest BCUT2D eigenvalue weighted by Gasteiger charge is -2.05. The highest BCUT2D eigenvalue weighted by atomic mass is 19.1. The molecule has 0 aliphatic heterocycles. The molecule has 0 fully saturated rings. The molecule has 0 spiro atoms. The van der Waals surface area contributed by atoms with Crippen molar-refractivity contribution in [1.29, 1.82) is 0 Å². The first-order valence-electron chi connectivity index (χ1n) is 5.78. The first kappa shape index (κ1) is 13.7. The minimum atomic E-state index is -1.10. The van der Waals surface area contributed by atoms with Gasteiger partial charge in [0, 0.05) is 23.9 Å². The van der Waals surface area contributed by atoms with E-state index in [1.807, 2.05) is 0 Å². The van der Waals surface area contributed by atoms with E-state index in [0.29, 0.717) is 11.1 Å². The predicted octanol–water partition coefficient (Wildman–Crippen LogP) is 1.53. The summed E-state index contributed by atoms with van der Waals surface area (Å²) in [5, 5.41) is 12.3. The fourth-order valence-electron chi connectivity index (χ4n) is 1.63. The van der Waals surface area contributed by atoms with Gasteiger partial charge in [0.2, 0.25) is 0 Å². The quantitative estimate of drug-likeness (QED) is 0.858. The maximum absolute atomic E-state index is 13.9. The molecule has 5 nitrogen and oxygen atoms in total. The van der Waals surface area contributed by atoms with Gasteiger partial charge < -0.3 is 5.11 Å². The number of hydrogen-bond acceptors (Lipinski definition) is 3. The van der Waals surface area contributed by atoms with Crippen molar-refractivity contribution >= 4 is 12.0 Å². The largest absolute Gasteiger partial charge is 0.478 e. The molecule has 0 saturated heterocycles. The summed E-state index contributed by atoms with van der Waals surface area (Å²) in [6.45, 7) is 0.0223. The summed E-state index contributed by atoms with van der Waals surface area (Å²) < 4.78 is 15.0. The third kappa shape index (κ3) is 3.38. The van der Waals surface area contributed by atoms with Crippen molar-refractivity contribution in [1.82, 2.24) is 9.78 Å². The van der Waals surface area contributed by atoms with Crippen LogP contribution in [0.15, 0.2) is 47.4 Å². The van der Waals surface area contributed by atoms with Crippen LogP contribution in [0.2, 0.25) is 0 Å². The summed E-state index contributed by atoms with van der Waals surface area (Å²) >= 11 is 0. The Morgan fingerprint density at radius 1 is 1.40 bits per heavy atom. The van der Waals surface area contributed by atoms with Gasteiger partial charge in [-0.05, 0) is 23.8 Å². The molecule has 0 atom stereocenters. The molecule has 0 aliphatic carbocycles. The fraction of sp³-hybridized carbons (Fsp3) is 0.0714. The number of carboxylic acids is 1. The van der Waals surface area contributed by atoms with Crippen LogP contribution < -0.4 is 5.56 Å². The van der Waals surface area contributed by atoms with Crippen molar-refractivity contribution in [3.05, 3.63) is 69.9 Å². The number of aliphatic carboxylic acids is 1. The maximum Gasteiger partial charge on any atom is 0.328 e. The van der Waals surface area contributed by atoms with Crippen LogP contribution in [0, 0.1) is 5.82 Å². The van der Waals surface area contributed by atoms with Gasteiger partial charge in [-0.2, -0.15) is 5.10 Å². The minimum absolute atomic E-state index is 0.0223. The lowest BCUT2D eigenvalue weighted by Crippen LogP contribution is -2.22. The van der Waals surface area contributed by atoms with E-state index in [1.54, 1.807) is 6.07 Å². The molecule has 0 saturated carbocycles. The molecular weight excluding hydrogens is 263 g/mol. The molecule has 0 aliphatic rings. The number of carboxylic acid groups (broad SMARTS) is 1. The van der Waals surface area contributed by atoms with E-state index in [4.69, 9.17) is 5.11 Å². The van der Waals surface area contributed by atoms with E-state index in [2.05, 4.69) is 5.10 Å². The second kappa shape index (κ2) is 5.92. The first-order valence-corrected chi connectivity index (χ1v) is 5.78. The number of aromatic nitrogens is 2. The number of rotatable bonds is 4. The smallest absolute Gasteiger partial charge is 0.328 e. The van der Waals surface area contributed by atoms with Gasteiger partial charge in [0.05, 0.1) is 6.54 Å². The van der Waals surface area contributed by atoms with Crippen LogP contribution in [0.3, 0.4) is 0 Å². The van der Waals surface area contributed by atoms with Crippen molar-refractivity contribution in [2.45, 2.75) is 6.54 Å². The Bertz CT molecular complexity index is 722. The summed E-state index contributed by atoms with van der Waals surface area (Å²) in [6, 6.07) is 7.14. The van der Waals surface area contributed by atoms with Crippen LogP contribution in [0.1, 0.15) is 11.1 Å². The zero-order chi connectivity index (χ0) is 14.5. The van der Waals surface area contributed by atoms with Gasteiger partial charge in [0.1, 0.15) is 5.82 Å². The molecule has 20 heavy (non-hydrogen) atoms. The van der Waals surface area contributed by atoms with Crippen molar-refractivity contribution in [2.75, 3.05) is 0 Å². The first-order chi connectivity index (χ1) is 9.56. The van der Waals surface area contributed by atoms with E-state index in [0.717, 1.165) is 10.8 Å². The van der Waals surface area contributed by atoms with Crippen molar-refractivity contribution < 1.29 is 14.3 Å². The number of hydrogen-bond donors (Lipinski definition) is 1. The number of carbonyl (C=O) groups is 1. The van der Waals surface area contributed by atoms with Gasteiger partial charge in [-0.25, -0.2) is 13.9 Å². The molecule has 1 N–H and O–H groups in total. The van der Waals surface area contributed by atoms with Crippen LogP contribution in [0.4, 0.5) is 4.39 Å². The van der Waals surface area contributed by atoms with Crippen LogP contribution in [0.5, 0.6) is 0 Å². The summed E-state index contributed by atoms with van der Waals surface area (Å²) in [6.07, 6.45) is 3.67. The Labute approximate surface area is 113 Å². The SMILES string of the molecule is O=C(O)C=Cc1ccc(Cn2ncccc2=O)c(F)c1. The molecule has 0 amide bonds. The average Bonchev–Trinajstić information content (AvgIpc) is 2.41. The fourth-order valence-corrected chi connectivity index (χ4v) is 1.63. The Morgan fingerprint density at radius 2 is 2.20 bits per heavy atom. The second-order valence-electron chi connectivity index (χ2n) is 4.04. The standard InChI is InChI=1S/C14H11FN2O3/c15-12-8-10(4-6-14(19)20)3-5-11(12)9-17-13(18)2-1-7-16-17/h1-8H,9H2,(H,19,20). The molecule has 0 bridgehead atoms. The van der Waals surface area contributed by atoms with Crippen LogP contribution in [-0.4, -0.2) is 20.9 Å². The molecule has 1 heterocycles. The van der Waals surface area contributed by atoms with Gasteiger partial charge in [0.25, 0.3) is 5.56 Å². The molecule has 6 heteroatoms. The molecular formula is C14H11FN2O3. The van der Waals surface area contributed by atoms with Crippen molar-refractivity contribution in [2.24, 2.45) is 0 Å². The summed E-state index contributed by atoms with van der Waals surface area (Å²) in [5.41, 5.74) is 0.419. The Morgan fingerprint density at radius 3 is 2.85 bits per heavy atom. The Balaban J connectivity index is 2.24. The summed E-state index contributed by atoms with van der Waals surface area (Å²) in [5.74, 6) is -1.62. The maximum atomic E-state index is 13.9. The minimum Gasteiger partial charge on any atom is -0.478 e. The van der Waals surface area contributed by atoms with E-state index >= 15 is 0 Å². The van der Waals surface area contributed by atoms with Gasteiger partial charge in [0.15, 0.2) is 0 Å². The molecule has 1 aromatic heterocycles. The topological polar surface area (TPSA) is 72.2 Å². The predicted molar refractivity (Wildman–Crippen MR) is 70.7 cm³/mol. The molecule has 2 rings (SSSR count). The highest BCUT2D eigenvalue weighted by molar-refractivity contribution is 5.85. The number of benzene rings is 1. The van der Waals surface area contributed by atoms with Crippen molar-refractivity contribution in [3.8, 4) is 0 Å². The second-order valence-corrected chi connectivity index (χ2v) is 4.04. The van der Waals surface area contributed by atoms with Crippen LogP contribution >= 0.6 is 0 Å². The van der Waals surface area contributed by atoms with Gasteiger partial charge in [-0.1, -0.05) is 12.1 Å². The molecule has 0 radical (unpaired) electrons. The van der Waals surface area contributed by atoms with Crippen molar-refractivity contribution in [3.63, 3.8) is 0 Å². The number of nitrogens with zero attached hydrogens (tertiary/aromatic N) is 2. The van der Waals surface area contributed by atoms with E-state index in [9.17, 15) is 14.0 Å². The number of halogens is 1. The van der Waals surface area contributed by atoms with Crippen LogP contribution in [-0.2, 0) is 11.3 Å². The monoisotopic (exact) mass is 274 g/mol. The Kier molecular flexibility index (Phi) is 4.05. The normalized spacial score (nSPS) is 10.8. The molecule has 1 aromatic carbocycles. The Hall–Kier alpha value is -2.76. The lowest BCUT2D eigenvalue weighted by molar-refractivity contribution is -0.131. The average molecular weight is 274 g/mol. The van der Waals surface area contributed by atoms with E-state index in [-0.39, 0.29) is 12.1 Å². The van der Waals surface area contributed by atoms with E-state index in [1.165, 1.54) is 36.5 Å². The molecule has 2 aromatic rings. The van der Waals surface area contributed by atoms with Gasteiger partial charge in [-0.15, -0.1) is 0 Å². The lowest BCUT2D eigenvalue weighted by atomic mass is 10.1.